The number of rotatable bonds is 2. The molecule has 0 fully saturated rings. The summed E-state index contributed by atoms with van der Waals surface area (Å²) in [5.74, 6) is 0.806. The van der Waals surface area contributed by atoms with Crippen LogP contribution in [0, 0.1) is 0 Å². The van der Waals surface area contributed by atoms with Crippen molar-refractivity contribution in [3.8, 4) is 17.1 Å². The summed E-state index contributed by atoms with van der Waals surface area (Å²) >= 11 is 1.82. The Morgan fingerprint density at radius 3 is 1.98 bits per heavy atom. The van der Waals surface area contributed by atoms with Crippen LogP contribution < -0.4 is 0 Å². The van der Waals surface area contributed by atoms with Crippen LogP contribution in [0.3, 0.4) is 0 Å². The Bertz CT molecular complexity index is 2690. The van der Waals surface area contributed by atoms with E-state index < -0.39 is 0 Å². The number of furan rings is 1. The maximum absolute atomic E-state index is 6.55. The van der Waals surface area contributed by atoms with Crippen molar-refractivity contribution >= 4 is 86.3 Å². The van der Waals surface area contributed by atoms with E-state index in [-0.39, 0.29) is 0 Å². The molecule has 0 aliphatic carbocycles. The first-order valence-corrected chi connectivity index (χ1v) is 15.2. The molecule has 0 amide bonds. The third kappa shape index (κ3) is 3.20. The molecule has 0 aliphatic rings. The van der Waals surface area contributed by atoms with Crippen molar-refractivity contribution in [1.29, 1.82) is 0 Å². The van der Waals surface area contributed by atoms with Gasteiger partial charge in [0.1, 0.15) is 16.9 Å². The Kier molecular flexibility index (Phi) is 4.57. The second kappa shape index (κ2) is 8.51. The standard InChI is InChI=1S/C38H21N3OS/c1-6-16-30-22(10-1)23-11-2-7-17-31(23)41(30)38-37(39-28-14-4-5-15-29(28)40-38)25-13-9-18-32-36(25)27-21-35-26(20-33(27)42-32)24-12-3-8-19-34(24)43-35/h1-21H. The minimum atomic E-state index is 0.806. The molecule has 6 aromatic carbocycles. The number of para-hydroxylation sites is 4. The predicted octanol–water partition coefficient (Wildman–Crippen LogP) is 10.7. The van der Waals surface area contributed by atoms with E-state index >= 15 is 0 Å². The van der Waals surface area contributed by atoms with Gasteiger partial charge in [-0.15, -0.1) is 11.3 Å². The predicted molar refractivity (Wildman–Crippen MR) is 179 cm³/mol. The van der Waals surface area contributed by atoms with Crippen LogP contribution in [0.1, 0.15) is 0 Å². The summed E-state index contributed by atoms with van der Waals surface area (Å²) < 4.78 is 11.3. The summed E-state index contributed by atoms with van der Waals surface area (Å²) in [6.45, 7) is 0. The van der Waals surface area contributed by atoms with Gasteiger partial charge in [-0.3, -0.25) is 4.57 Å². The zero-order valence-electron chi connectivity index (χ0n) is 22.8. The molecule has 0 saturated heterocycles. The molecule has 200 valence electrons. The fraction of sp³-hybridized carbons (Fsp3) is 0. The first-order chi connectivity index (χ1) is 21.3. The van der Waals surface area contributed by atoms with Gasteiger partial charge in [-0.2, -0.15) is 0 Å². The number of hydrogen-bond donors (Lipinski definition) is 0. The molecule has 10 rings (SSSR count). The largest absolute Gasteiger partial charge is 0.456 e. The summed E-state index contributed by atoms with van der Waals surface area (Å²) in [6, 6.07) is 44.5. The highest BCUT2D eigenvalue weighted by atomic mass is 32.1. The van der Waals surface area contributed by atoms with Crippen molar-refractivity contribution < 1.29 is 4.42 Å². The van der Waals surface area contributed by atoms with Crippen molar-refractivity contribution in [2.45, 2.75) is 0 Å². The molecule has 0 N–H and O–H groups in total. The Morgan fingerprint density at radius 1 is 0.512 bits per heavy atom. The second-order valence-corrected chi connectivity index (χ2v) is 12.1. The number of hydrogen-bond acceptors (Lipinski definition) is 4. The van der Waals surface area contributed by atoms with Gasteiger partial charge in [0.15, 0.2) is 5.82 Å². The van der Waals surface area contributed by atoms with Crippen LogP contribution in [0.25, 0.3) is 92.0 Å². The first kappa shape index (κ1) is 23.1. The van der Waals surface area contributed by atoms with Crippen molar-refractivity contribution in [1.82, 2.24) is 14.5 Å². The quantitative estimate of drug-likeness (QED) is 0.209. The van der Waals surface area contributed by atoms with Gasteiger partial charge >= 0.3 is 0 Å². The van der Waals surface area contributed by atoms with Gasteiger partial charge in [-0.1, -0.05) is 78.9 Å². The third-order valence-corrected chi connectivity index (χ3v) is 9.73. The van der Waals surface area contributed by atoms with Gasteiger partial charge < -0.3 is 4.42 Å². The molecule has 43 heavy (non-hydrogen) atoms. The molecule has 0 radical (unpaired) electrons. The molecule has 0 bridgehead atoms. The molecule has 0 atom stereocenters. The number of thiophene rings is 1. The summed E-state index contributed by atoms with van der Waals surface area (Å²) in [6.07, 6.45) is 0. The smallest absolute Gasteiger partial charge is 0.165 e. The van der Waals surface area contributed by atoms with Gasteiger partial charge in [0, 0.05) is 47.3 Å². The first-order valence-electron chi connectivity index (χ1n) is 14.3. The lowest BCUT2D eigenvalue weighted by Crippen LogP contribution is -2.03. The molecule has 4 heterocycles. The lowest BCUT2D eigenvalue weighted by molar-refractivity contribution is 0.669. The molecule has 0 spiro atoms. The van der Waals surface area contributed by atoms with Gasteiger partial charge in [-0.05, 0) is 48.5 Å². The summed E-state index contributed by atoms with van der Waals surface area (Å²) in [7, 11) is 0. The Balaban J connectivity index is 1.35. The summed E-state index contributed by atoms with van der Waals surface area (Å²) in [5.41, 5.74) is 7.49. The lowest BCUT2D eigenvalue weighted by atomic mass is 10.0. The third-order valence-electron chi connectivity index (χ3n) is 8.59. The van der Waals surface area contributed by atoms with Crippen LogP contribution in [-0.2, 0) is 0 Å². The molecule has 0 saturated carbocycles. The second-order valence-electron chi connectivity index (χ2n) is 11.0. The number of aromatic nitrogens is 3. The van der Waals surface area contributed by atoms with Crippen molar-refractivity contribution in [3.05, 3.63) is 127 Å². The molecule has 0 aliphatic heterocycles. The van der Waals surface area contributed by atoms with E-state index in [9.17, 15) is 0 Å². The van der Waals surface area contributed by atoms with E-state index in [1.165, 1.54) is 30.9 Å². The van der Waals surface area contributed by atoms with Gasteiger partial charge in [0.25, 0.3) is 0 Å². The van der Waals surface area contributed by atoms with E-state index in [1.54, 1.807) is 0 Å². The fourth-order valence-electron chi connectivity index (χ4n) is 6.72. The van der Waals surface area contributed by atoms with Gasteiger partial charge in [-0.25, -0.2) is 9.97 Å². The Morgan fingerprint density at radius 2 is 1.19 bits per heavy atom. The minimum absolute atomic E-state index is 0.806. The van der Waals surface area contributed by atoms with Crippen LogP contribution >= 0.6 is 11.3 Å². The van der Waals surface area contributed by atoms with Crippen LogP contribution in [0.2, 0.25) is 0 Å². The normalized spacial score (nSPS) is 12.2. The molecular weight excluding hydrogens is 547 g/mol. The average Bonchev–Trinajstić information content (AvgIpc) is 3.72. The van der Waals surface area contributed by atoms with E-state index in [0.717, 1.165) is 61.1 Å². The maximum Gasteiger partial charge on any atom is 0.165 e. The molecule has 0 unspecified atom stereocenters. The van der Waals surface area contributed by atoms with Crippen molar-refractivity contribution in [2.24, 2.45) is 0 Å². The zero-order chi connectivity index (χ0) is 28.1. The van der Waals surface area contributed by atoms with E-state index in [4.69, 9.17) is 14.4 Å². The van der Waals surface area contributed by atoms with Crippen LogP contribution in [0.15, 0.2) is 132 Å². The average molecular weight is 568 g/mol. The summed E-state index contributed by atoms with van der Waals surface area (Å²) in [5, 5.41) is 7.02. The highest BCUT2D eigenvalue weighted by molar-refractivity contribution is 7.25. The lowest BCUT2D eigenvalue weighted by Gasteiger charge is -2.14. The minimum Gasteiger partial charge on any atom is -0.456 e. The fourth-order valence-corrected chi connectivity index (χ4v) is 7.85. The Hall–Kier alpha value is -5.52. The zero-order valence-corrected chi connectivity index (χ0v) is 23.6. The topological polar surface area (TPSA) is 43.9 Å². The van der Waals surface area contributed by atoms with Crippen LogP contribution in [-0.4, -0.2) is 14.5 Å². The SMILES string of the molecule is c1ccc2nc(-n3c4ccccc4c4ccccc43)c(-c3cccc4oc5cc6c(cc5c34)sc3ccccc36)nc2c1. The molecule has 4 aromatic heterocycles. The van der Waals surface area contributed by atoms with Gasteiger partial charge in [0.2, 0.25) is 0 Å². The molecule has 10 aromatic rings. The van der Waals surface area contributed by atoms with Crippen LogP contribution in [0.4, 0.5) is 0 Å². The summed E-state index contributed by atoms with van der Waals surface area (Å²) in [4.78, 5) is 10.6. The molecule has 4 nitrogen and oxygen atoms in total. The molecular formula is C38H21N3OS. The number of benzene rings is 6. The maximum atomic E-state index is 6.55. The monoisotopic (exact) mass is 567 g/mol. The molecule has 5 heteroatoms. The van der Waals surface area contributed by atoms with Gasteiger partial charge in [0.05, 0.1) is 22.1 Å². The van der Waals surface area contributed by atoms with E-state index in [0.29, 0.717) is 0 Å². The number of fused-ring (bicyclic) bond motifs is 10. The van der Waals surface area contributed by atoms with Crippen LogP contribution in [0.5, 0.6) is 0 Å². The highest BCUT2D eigenvalue weighted by Crippen LogP contribution is 2.43. The highest BCUT2D eigenvalue weighted by Gasteiger charge is 2.22. The van der Waals surface area contributed by atoms with Crippen molar-refractivity contribution in [2.75, 3.05) is 0 Å². The number of nitrogens with zero attached hydrogens (tertiary/aromatic N) is 3. The van der Waals surface area contributed by atoms with E-state index in [1.807, 2.05) is 35.6 Å². The Labute approximate surface area is 249 Å². The van der Waals surface area contributed by atoms with E-state index in [2.05, 4.69) is 108 Å². The van der Waals surface area contributed by atoms with Crippen molar-refractivity contribution in [3.63, 3.8) is 0 Å².